The monoisotopic (exact) mass is 392 g/mol. The van der Waals surface area contributed by atoms with Gasteiger partial charge in [0.05, 0.1) is 24.2 Å². The standard InChI is InChI=1S/C24H32N4O/c1-29-16-13-25-17-24-26-22-11-5-6-12-23(22)28(24)19-21-10-4-3-9-20(21)18-27-14-7-2-8-15-27/h3-6,9-12,25H,2,7-8,13-19H2,1H3. The van der Waals surface area contributed by atoms with Crippen molar-refractivity contribution in [2.75, 3.05) is 33.4 Å². The van der Waals surface area contributed by atoms with E-state index in [1.807, 2.05) is 0 Å². The minimum atomic E-state index is 0.707. The van der Waals surface area contributed by atoms with Gasteiger partial charge in [-0.05, 0) is 49.2 Å². The van der Waals surface area contributed by atoms with Crippen LogP contribution in [0.1, 0.15) is 36.2 Å². The highest BCUT2D eigenvalue weighted by atomic mass is 16.5. The number of benzene rings is 2. The summed E-state index contributed by atoms with van der Waals surface area (Å²) < 4.78 is 7.52. The average molecular weight is 393 g/mol. The van der Waals surface area contributed by atoms with Gasteiger partial charge in [-0.2, -0.15) is 0 Å². The minimum absolute atomic E-state index is 0.707. The molecule has 2 aromatic carbocycles. The van der Waals surface area contributed by atoms with Crippen LogP contribution in [-0.2, 0) is 24.4 Å². The van der Waals surface area contributed by atoms with Crippen molar-refractivity contribution < 1.29 is 4.74 Å². The third-order valence-electron chi connectivity index (χ3n) is 5.79. The summed E-state index contributed by atoms with van der Waals surface area (Å²) in [7, 11) is 1.73. The highest BCUT2D eigenvalue weighted by Gasteiger charge is 2.15. The van der Waals surface area contributed by atoms with E-state index < -0.39 is 0 Å². The molecule has 0 saturated carbocycles. The van der Waals surface area contributed by atoms with E-state index in [-0.39, 0.29) is 0 Å². The fourth-order valence-electron chi connectivity index (χ4n) is 4.21. The number of hydrogen-bond donors (Lipinski definition) is 1. The van der Waals surface area contributed by atoms with E-state index in [2.05, 4.69) is 63.3 Å². The van der Waals surface area contributed by atoms with Crippen LogP contribution in [0.25, 0.3) is 11.0 Å². The summed E-state index contributed by atoms with van der Waals surface area (Å²) >= 11 is 0. The predicted molar refractivity (Wildman–Crippen MR) is 118 cm³/mol. The van der Waals surface area contributed by atoms with Crippen molar-refractivity contribution in [1.82, 2.24) is 19.8 Å². The Kier molecular flexibility index (Phi) is 6.93. The van der Waals surface area contributed by atoms with Gasteiger partial charge in [0.15, 0.2) is 0 Å². The van der Waals surface area contributed by atoms with Crippen molar-refractivity contribution in [1.29, 1.82) is 0 Å². The van der Waals surface area contributed by atoms with Crippen molar-refractivity contribution in [3.8, 4) is 0 Å². The van der Waals surface area contributed by atoms with Crippen molar-refractivity contribution in [2.24, 2.45) is 0 Å². The number of nitrogens with zero attached hydrogens (tertiary/aromatic N) is 3. The predicted octanol–water partition coefficient (Wildman–Crippen LogP) is 3.81. The number of piperidine rings is 1. The van der Waals surface area contributed by atoms with Crippen LogP contribution in [0.4, 0.5) is 0 Å². The lowest BCUT2D eigenvalue weighted by Crippen LogP contribution is -2.29. The lowest BCUT2D eigenvalue weighted by atomic mass is 10.0. The Morgan fingerprint density at radius 1 is 0.931 bits per heavy atom. The Morgan fingerprint density at radius 2 is 1.66 bits per heavy atom. The van der Waals surface area contributed by atoms with Gasteiger partial charge in [0, 0.05) is 26.7 Å². The molecule has 3 aromatic rings. The van der Waals surface area contributed by atoms with Crippen LogP contribution in [0.2, 0.25) is 0 Å². The number of methoxy groups -OCH3 is 1. The third-order valence-corrected chi connectivity index (χ3v) is 5.79. The summed E-state index contributed by atoms with van der Waals surface area (Å²) in [6, 6.07) is 17.3. The normalized spacial score (nSPS) is 15.2. The molecule has 1 aliphatic rings. The number of nitrogens with one attached hydrogen (secondary N) is 1. The molecule has 4 rings (SSSR count). The summed E-state index contributed by atoms with van der Waals surface area (Å²) in [6.45, 7) is 6.61. The molecule has 5 heteroatoms. The topological polar surface area (TPSA) is 42.3 Å². The first kappa shape index (κ1) is 20.1. The van der Waals surface area contributed by atoms with Gasteiger partial charge in [-0.25, -0.2) is 4.98 Å². The van der Waals surface area contributed by atoms with E-state index in [1.165, 1.54) is 49.0 Å². The third kappa shape index (κ3) is 5.04. The van der Waals surface area contributed by atoms with E-state index in [0.29, 0.717) is 6.61 Å². The van der Waals surface area contributed by atoms with E-state index >= 15 is 0 Å². The molecule has 5 nitrogen and oxygen atoms in total. The molecular weight excluding hydrogens is 360 g/mol. The number of likely N-dealkylation sites (tertiary alicyclic amines) is 1. The van der Waals surface area contributed by atoms with Crippen molar-refractivity contribution >= 4 is 11.0 Å². The lowest BCUT2D eigenvalue weighted by Gasteiger charge is -2.27. The van der Waals surface area contributed by atoms with Gasteiger partial charge in [0.25, 0.3) is 0 Å². The largest absolute Gasteiger partial charge is 0.383 e. The minimum Gasteiger partial charge on any atom is -0.383 e. The second-order valence-electron chi connectivity index (χ2n) is 7.88. The molecule has 0 unspecified atom stereocenters. The summed E-state index contributed by atoms with van der Waals surface area (Å²) in [6.07, 6.45) is 4.02. The van der Waals surface area contributed by atoms with E-state index in [0.717, 1.165) is 37.5 Å². The zero-order valence-corrected chi connectivity index (χ0v) is 17.4. The van der Waals surface area contributed by atoms with Crippen LogP contribution in [0.5, 0.6) is 0 Å². The van der Waals surface area contributed by atoms with Crippen LogP contribution in [-0.4, -0.2) is 47.8 Å². The van der Waals surface area contributed by atoms with E-state index in [4.69, 9.17) is 9.72 Å². The van der Waals surface area contributed by atoms with Crippen molar-refractivity contribution in [3.05, 3.63) is 65.5 Å². The Labute approximate surface area is 173 Å². The van der Waals surface area contributed by atoms with Crippen LogP contribution in [0.3, 0.4) is 0 Å². The average Bonchev–Trinajstić information content (AvgIpc) is 3.11. The molecule has 1 fully saturated rings. The maximum absolute atomic E-state index is 5.16. The smallest absolute Gasteiger partial charge is 0.124 e. The number of imidazole rings is 1. The van der Waals surface area contributed by atoms with Gasteiger partial charge in [-0.15, -0.1) is 0 Å². The maximum atomic E-state index is 5.16. The van der Waals surface area contributed by atoms with Crippen LogP contribution in [0.15, 0.2) is 48.5 Å². The molecule has 0 aliphatic carbocycles. The fourth-order valence-corrected chi connectivity index (χ4v) is 4.21. The molecule has 154 valence electrons. The van der Waals surface area contributed by atoms with Crippen LogP contribution >= 0.6 is 0 Å². The van der Waals surface area contributed by atoms with E-state index in [9.17, 15) is 0 Å². The van der Waals surface area contributed by atoms with Gasteiger partial charge in [-0.3, -0.25) is 4.90 Å². The van der Waals surface area contributed by atoms with Crippen LogP contribution < -0.4 is 5.32 Å². The molecule has 2 heterocycles. The van der Waals surface area contributed by atoms with Crippen molar-refractivity contribution in [3.63, 3.8) is 0 Å². The summed E-state index contributed by atoms with van der Waals surface area (Å²) in [5.41, 5.74) is 5.08. The lowest BCUT2D eigenvalue weighted by molar-refractivity contribution is 0.199. The number of para-hydroxylation sites is 2. The van der Waals surface area contributed by atoms with Gasteiger partial charge in [0.2, 0.25) is 0 Å². The summed E-state index contributed by atoms with van der Waals surface area (Å²) in [5, 5.41) is 3.45. The van der Waals surface area contributed by atoms with E-state index in [1.54, 1.807) is 7.11 Å². The highest BCUT2D eigenvalue weighted by molar-refractivity contribution is 5.76. The number of aromatic nitrogens is 2. The number of fused-ring (bicyclic) bond motifs is 1. The number of ether oxygens (including phenoxy) is 1. The SMILES string of the molecule is COCCNCc1nc2ccccc2n1Cc1ccccc1CN1CCCCC1. The summed E-state index contributed by atoms with van der Waals surface area (Å²) in [5.74, 6) is 1.08. The zero-order chi connectivity index (χ0) is 19.9. The molecule has 0 atom stereocenters. The molecule has 0 radical (unpaired) electrons. The molecule has 1 N–H and O–H groups in total. The zero-order valence-electron chi connectivity index (χ0n) is 17.4. The van der Waals surface area contributed by atoms with Gasteiger partial charge >= 0.3 is 0 Å². The van der Waals surface area contributed by atoms with Crippen molar-refractivity contribution in [2.45, 2.75) is 38.9 Å². The number of rotatable bonds is 9. The molecule has 29 heavy (non-hydrogen) atoms. The van der Waals surface area contributed by atoms with Gasteiger partial charge in [-0.1, -0.05) is 42.8 Å². The van der Waals surface area contributed by atoms with Gasteiger partial charge in [0.1, 0.15) is 5.82 Å². The Balaban J connectivity index is 1.58. The van der Waals surface area contributed by atoms with Gasteiger partial charge < -0.3 is 14.6 Å². The molecule has 0 bridgehead atoms. The highest BCUT2D eigenvalue weighted by Crippen LogP contribution is 2.21. The second-order valence-corrected chi connectivity index (χ2v) is 7.88. The molecule has 0 spiro atoms. The fraction of sp³-hybridized carbons (Fsp3) is 0.458. The first-order chi connectivity index (χ1) is 14.3. The first-order valence-corrected chi connectivity index (χ1v) is 10.8. The van der Waals surface area contributed by atoms with Crippen LogP contribution in [0, 0.1) is 0 Å². The quantitative estimate of drug-likeness (QED) is 0.563. The number of hydrogen-bond acceptors (Lipinski definition) is 4. The summed E-state index contributed by atoms with van der Waals surface area (Å²) in [4.78, 5) is 7.50. The second kappa shape index (κ2) is 10.0. The molecular formula is C24H32N4O. The molecule has 1 aromatic heterocycles. The Morgan fingerprint density at radius 3 is 2.45 bits per heavy atom. The maximum Gasteiger partial charge on any atom is 0.124 e. The molecule has 1 saturated heterocycles. The Bertz CT molecular complexity index is 914. The molecule has 1 aliphatic heterocycles. The Hall–Kier alpha value is -2.21. The molecule has 0 amide bonds. The first-order valence-electron chi connectivity index (χ1n) is 10.8.